The van der Waals surface area contributed by atoms with E-state index in [2.05, 4.69) is 6.92 Å². The molecule has 0 saturated heterocycles. The predicted molar refractivity (Wildman–Crippen MR) is 65.9 cm³/mol. The summed E-state index contributed by atoms with van der Waals surface area (Å²) in [6, 6.07) is 0. The molecule has 15 heavy (non-hydrogen) atoms. The van der Waals surface area contributed by atoms with E-state index in [1.54, 1.807) is 4.90 Å². The van der Waals surface area contributed by atoms with E-state index in [4.69, 9.17) is 0 Å². The number of amides is 1. The highest BCUT2D eigenvalue weighted by atomic mass is 16.2. The highest BCUT2D eigenvalue weighted by Crippen LogP contribution is 2.08. The largest absolute Gasteiger partial charge is 0.346 e. The minimum Gasteiger partial charge on any atom is -0.346 e. The van der Waals surface area contributed by atoms with Crippen LogP contribution < -0.4 is 0 Å². The first-order chi connectivity index (χ1) is 7.22. The highest BCUT2D eigenvalue weighted by molar-refractivity contribution is 5.75. The second-order valence-electron chi connectivity index (χ2n) is 4.28. The first-order valence-electron chi connectivity index (χ1n) is 6.46. The molecule has 0 aromatic carbocycles. The van der Waals surface area contributed by atoms with Crippen LogP contribution in [0.5, 0.6) is 0 Å². The van der Waals surface area contributed by atoms with Crippen LogP contribution in [-0.2, 0) is 4.79 Å². The van der Waals surface area contributed by atoms with Crippen molar-refractivity contribution in [3.05, 3.63) is 0 Å². The van der Waals surface area contributed by atoms with Crippen molar-refractivity contribution in [1.82, 2.24) is 4.90 Å². The summed E-state index contributed by atoms with van der Waals surface area (Å²) >= 11 is 0. The van der Waals surface area contributed by atoms with Gasteiger partial charge in [-0.25, -0.2) is 0 Å². The number of carbonyl (C=O) groups excluding carboxylic acids is 1. The van der Waals surface area contributed by atoms with E-state index < -0.39 is 0 Å². The van der Waals surface area contributed by atoms with Crippen molar-refractivity contribution in [2.75, 3.05) is 13.6 Å². The SMILES string of the molecule is CCCCCCCCCC(=O)N(C)CC. The molecule has 0 N–H and O–H groups in total. The standard InChI is InChI=1S/C13H27NO/c1-4-6-7-8-9-10-11-12-13(15)14(3)5-2/h4-12H2,1-3H3. The Kier molecular flexibility index (Phi) is 9.65. The van der Waals surface area contributed by atoms with Gasteiger partial charge in [0.05, 0.1) is 0 Å². The molecule has 0 aliphatic carbocycles. The lowest BCUT2D eigenvalue weighted by atomic mass is 10.1. The first kappa shape index (κ1) is 14.5. The van der Waals surface area contributed by atoms with Crippen molar-refractivity contribution in [3.8, 4) is 0 Å². The average molecular weight is 213 g/mol. The van der Waals surface area contributed by atoms with Gasteiger partial charge in [-0.1, -0.05) is 45.4 Å². The van der Waals surface area contributed by atoms with Gasteiger partial charge in [0.1, 0.15) is 0 Å². The molecule has 90 valence electrons. The lowest BCUT2D eigenvalue weighted by Gasteiger charge is -2.13. The summed E-state index contributed by atoms with van der Waals surface area (Å²) < 4.78 is 0. The van der Waals surface area contributed by atoms with Gasteiger partial charge in [0.15, 0.2) is 0 Å². The molecule has 0 aliphatic heterocycles. The van der Waals surface area contributed by atoms with Crippen LogP contribution in [0.2, 0.25) is 0 Å². The topological polar surface area (TPSA) is 20.3 Å². The molecule has 0 heterocycles. The number of nitrogens with zero attached hydrogens (tertiary/aromatic N) is 1. The van der Waals surface area contributed by atoms with E-state index in [0.29, 0.717) is 5.91 Å². The second-order valence-corrected chi connectivity index (χ2v) is 4.28. The van der Waals surface area contributed by atoms with Crippen LogP contribution in [0.25, 0.3) is 0 Å². The maximum Gasteiger partial charge on any atom is 0.222 e. The quantitative estimate of drug-likeness (QED) is 0.536. The Balaban J connectivity index is 3.20. The first-order valence-corrected chi connectivity index (χ1v) is 6.46. The smallest absolute Gasteiger partial charge is 0.222 e. The van der Waals surface area contributed by atoms with E-state index >= 15 is 0 Å². The Morgan fingerprint density at radius 2 is 1.47 bits per heavy atom. The minimum atomic E-state index is 0.297. The summed E-state index contributed by atoms with van der Waals surface area (Å²) in [7, 11) is 1.88. The molecule has 0 spiro atoms. The van der Waals surface area contributed by atoms with E-state index in [9.17, 15) is 4.79 Å². The Hall–Kier alpha value is -0.530. The Morgan fingerprint density at radius 3 is 2.00 bits per heavy atom. The van der Waals surface area contributed by atoms with Crippen molar-refractivity contribution in [3.63, 3.8) is 0 Å². The van der Waals surface area contributed by atoms with E-state index in [1.807, 2.05) is 14.0 Å². The van der Waals surface area contributed by atoms with Gasteiger partial charge in [-0.15, -0.1) is 0 Å². The molecular formula is C13H27NO. The van der Waals surface area contributed by atoms with Crippen molar-refractivity contribution in [2.45, 2.75) is 65.2 Å². The summed E-state index contributed by atoms with van der Waals surface area (Å²) in [6.07, 6.45) is 9.67. The zero-order valence-electron chi connectivity index (χ0n) is 10.7. The number of hydrogen-bond acceptors (Lipinski definition) is 1. The van der Waals surface area contributed by atoms with Gasteiger partial charge in [-0.2, -0.15) is 0 Å². The fraction of sp³-hybridized carbons (Fsp3) is 0.923. The predicted octanol–water partition coefficient (Wildman–Crippen LogP) is 3.61. The normalized spacial score (nSPS) is 10.3. The van der Waals surface area contributed by atoms with Crippen molar-refractivity contribution >= 4 is 5.91 Å². The van der Waals surface area contributed by atoms with Gasteiger partial charge in [0, 0.05) is 20.0 Å². The lowest BCUT2D eigenvalue weighted by molar-refractivity contribution is -0.129. The second kappa shape index (κ2) is 10.0. The van der Waals surface area contributed by atoms with E-state index in [-0.39, 0.29) is 0 Å². The molecule has 0 unspecified atom stereocenters. The van der Waals surface area contributed by atoms with Gasteiger partial charge in [-0.05, 0) is 13.3 Å². The molecule has 1 amide bonds. The van der Waals surface area contributed by atoms with Crippen LogP contribution in [0.3, 0.4) is 0 Å². The molecule has 0 saturated carbocycles. The van der Waals surface area contributed by atoms with Gasteiger partial charge in [0.25, 0.3) is 0 Å². The number of hydrogen-bond donors (Lipinski definition) is 0. The van der Waals surface area contributed by atoms with E-state index in [1.165, 1.54) is 38.5 Å². The van der Waals surface area contributed by atoms with Crippen molar-refractivity contribution in [2.24, 2.45) is 0 Å². The van der Waals surface area contributed by atoms with Crippen LogP contribution in [0, 0.1) is 0 Å². The maximum atomic E-state index is 11.4. The molecule has 0 atom stereocenters. The Bertz CT molecular complexity index is 157. The molecule has 0 fully saturated rings. The zero-order valence-corrected chi connectivity index (χ0v) is 10.7. The van der Waals surface area contributed by atoms with Crippen LogP contribution in [0.1, 0.15) is 65.2 Å². The van der Waals surface area contributed by atoms with Crippen LogP contribution in [0.4, 0.5) is 0 Å². The molecule has 0 aromatic rings. The Morgan fingerprint density at radius 1 is 0.933 bits per heavy atom. The van der Waals surface area contributed by atoms with Gasteiger partial charge in [0.2, 0.25) is 5.91 Å². The third-order valence-corrected chi connectivity index (χ3v) is 2.89. The van der Waals surface area contributed by atoms with Gasteiger partial charge >= 0.3 is 0 Å². The summed E-state index contributed by atoms with van der Waals surface area (Å²) in [4.78, 5) is 13.2. The lowest BCUT2D eigenvalue weighted by Crippen LogP contribution is -2.25. The molecule has 0 aliphatic rings. The van der Waals surface area contributed by atoms with Crippen LogP contribution in [0.15, 0.2) is 0 Å². The minimum absolute atomic E-state index is 0.297. The monoisotopic (exact) mass is 213 g/mol. The number of carbonyl (C=O) groups is 1. The van der Waals surface area contributed by atoms with Crippen LogP contribution in [-0.4, -0.2) is 24.4 Å². The van der Waals surface area contributed by atoms with Crippen molar-refractivity contribution in [1.29, 1.82) is 0 Å². The van der Waals surface area contributed by atoms with Gasteiger partial charge in [-0.3, -0.25) is 4.79 Å². The molecule has 0 bridgehead atoms. The van der Waals surface area contributed by atoms with Crippen molar-refractivity contribution < 1.29 is 4.79 Å². The summed E-state index contributed by atoms with van der Waals surface area (Å²) in [6.45, 7) is 5.08. The number of unbranched alkanes of at least 4 members (excludes halogenated alkanes) is 6. The van der Waals surface area contributed by atoms with Crippen LogP contribution >= 0.6 is 0 Å². The maximum absolute atomic E-state index is 11.4. The fourth-order valence-corrected chi connectivity index (χ4v) is 1.60. The van der Waals surface area contributed by atoms with Gasteiger partial charge < -0.3 is 4.90 Å². The van der Waals surface area contributed by atoms with E-state index in [0.717, 1.165) is 19.4 Å². The zero-order chi connectivity index (χ0) is 11.5. The molecular weight excluding hydrogens is 186 g/mol. The number of rotatable bonds is 9. The molecule has 2 heteroatoms. The summed E-state index contributed by atoms with van der Waals surface area (Å²) in [5.74, 6) is 0.297. The molecule has 2 nitrogen and oxygen atoms in total. The fourth-order valence-electron chi connectivity index (χ4n) is 1.60. The summed E-state index contributed by atoms with van der Waals surface area (Å²) in [5.41, 5.74) is 0. The molecule has 0 radical (unpaired) electrons. The third-order valence-electron chi connectivity index (χ3n) is 2.89. The summed E-state index contributed by atoms with van der Waals surface area (Å²) in [5, 5.41) is 0. The third kappa shape index (κ3) is 8.46. The molecule has 0 aromatic heterocycles. The Labute approximate surface area is 95.0 Å². The molecule has 0 rings (SSSR count). The highest BCUT2D eigenvalue weighted by Gasteiger charge is 2.04. The average Bonchev–Trinajstić information content (AvgIpc) is 2.26.